The third-order valence-corrected chi connectivity index (χ3v) is 5.41. The molecule has 2 N–H and O–H groups in total. The number of piperidine rings is 1. The summed E-state index contributed by atoms with van der Waals surface area (Å²) in [4.78, 5) is 43.1. The fraction of sp³-hybridized carbons (Fsp3) is 0.545. The Hall–Kier alpha value is -2.74. The molecule has 1 fully saturated rings. The molecular formula is C22H31N5O3. The molecule has 1 aliphatic heterocycles. The second-order valence-electron chi connectivity index (χ2n) is 8.38. The minimum atomic E-state index is -0.402. The first-order valence-corrected chi connectivity index (χ1v) is 10.6. The zero-order valence-electron chi connectivity index (χ0n) is 17.8. The number of benzene rings is 1. The van der Waals surface area contributed by atoms with Crippen molar-refractivity contribution >= 4 is 22.7 Å². The van der Waals surface area contributed by atoms with Crippen molar-refractivity contribution in [2.75, 3.05) is 32.7 Å². The molecule has 0 bridgehead atoms. The van der Waals surface area contributed by atoms with Crippen LogP contribution in [-0.2, 0) is 16.1 Å². The predicted molar refractivity (Wildman–Crippen MR) is 116 cm³/mol. The third kappa shape index (κ3) is 6.13. The van der Waals surface area contributed by atoms with Gasteiger partial charge in [0.05, 0.1) is 23.8 Å². The van der Waals surface area contributed by atoms with Gasteiger partial charge in [-0.3, -0.25) is 19.0 Å². The van der Waals surface area contributed by atoms with Gasteiger partial charge in [0.2, 0.25) is 11.8 Å². The Morgan fingerprint density at radius 2 is 1.83 bits per heavy atom. The predicted octanol–water partition coefficient (Wildman–Crippen LogP) is 0.997. The van der Waals surface area contributed by atoms with Gasteiger partial charge in [0.25, 0.3) is 5.56 Å². The first kappa shape index (κ1) is 22.0. The van der Waals surface area contributed by atoms with Gasteiger partial charge >= 0.3 is 0 Å². The molecule has 0 saturated carbocycles. The highest BCUT2D eigenvalue weighted by Gasteiger charge is 2.21. The summed E-state index contributed by atoms with van der Waals surface area (Å²) < 4.78 is 1.25. The van der Waals surface area contributed by atoms with Gasteiger partial charge in [-0.2, -0.15) is 0 Å². The quantitative estimate of drug-likeness (QED) is 0.630. The van der Waals surface area contributed by atoms with Crippen LogP contribution in [0, 0.1) is 11.8 Å². The third-order valence-electron chi connectivity index (χ3n) is 5.41. The van der Waals surface area contributed by atoms with Crippen molar-refractivity contribution in [3.8, 4) is 0 Å². The summed E-state index contributed by atoms with van der Waals surface area (Å²) in [6.07, 6.45) is 3.53. The van der Waals surface area contributed by atoms with Crippen molar-refractivity contribution in [1.82, 2.24) is 25.1 Å². The number of carbonyl (C=O) groups is 2. The van der Waals surface area contributed by atoms with E-state index in [0.29, 0.717) is 17.4 Å². The van der Waals surface area contributed by atoms with E-state index in [1.54, 1.807) is 24.3 Å². The van der Waals surface area contributed by atoms with Gasteiger partial charge in [0.15, 0.2) is 0 Å². The fourth-order valence-electron chi connectivity index (χ4n) is 4.18. The van der Waals surface area contributed by atoms with Crippen LogP contribution in [0.4, 0.5) is 0 Å². The number of nitrogens with one attached hydrogen (secondary N) is 2. The van der Waals surface area contributed by atoms with Crippen molar-refractivity contribution in [2.45, 2.75) is 33.2 Å². The molecule has 8 heteroatoms. The minimum absolute atomic E-state index is 0.105. The maximum absolute atomic E-state index is 12.4. The van der Waals surface area contributed by atoms with Crippen LogP contribution in [0.1, 0.15) is 26.7 Å². The lowest BCUT2D eigenvalue weighted by atomic mass is 9.92. The molecule has 0 aliphatic carbocycles. The van der Waals surface area contributed by atoms with Gasteiger partial charge in [-0.05, 0) is 43.4 Å². The zero-order valence-corrected chi connectivity index (χ0v) is 17.8. The summed E-state index contributed by atoms with van der Waals surface area (Å²) in [6, 6.07) is 6.99. The Morgan fingerprint density at radius 1 is 1.10 bits per heavy atom. The molecule has 1 aromatic carbocycles. The van der Waals surface area contributed by atoms with Gasteiger partial charge < -0.3 is 15.5 Å². The van der Waals surface area contributed by atoms with Crippen LogP contribution in [0.3, 0.4) is 0 Å². The molecule has 1 aromatic heterocycles. The molecule has 1 saturated heterocycles. The van der Waals surface area contributed by atoms with E-state index in [4.69, 9.17) is 0 Å². The molecule has 1 aliphatic rings. The van der Waals surface area contributed by atoms with Crippen LogP contribution >= 0.6 is 0 Å². The van der Waals surface area contributed by atoms with E-state index in [-0.39, 0.29) is 24.6 Å². The fourth-order valence-corrected chi connectivity index (χ4v) is 4.18. The largest absolute Gasteiger partial charge is 0.355 e. The van der Waals surface area contributed by atoms with Crippen LogP contribution in [0.2, 0.25) is 0 Å². The molecular weight excluding hydrogens is 382 g/mol. The highest BCUT2D eigenvalue weighted by Crippen LogP contribution is 2.20. The van der Waals surface area contributed by atoms with E-state index in [0.717, 1.165) is 37.9 Å². The van der Waals surface area contributed by atoms with E-state index < -0.39 is 5.91 Å². The number of para-hydroxylation sites is 1. The van der Waals surface area contributed by atoms with Crippen molar-refractivity contribution in [3.63, 3.8) is 0 Å². The van der Waals surface area contributed by atoms with Crippen LogP contribution in [0.25, 0.3) is 10.9 Å². The molecule has 2 unspecified atom stereocenters. The molecule has 0 spiro atoms. The van der Waals surface area contributed by atoms with Crippen LogP contribution in [0.5, 0.6) is 0 Å². The number of likely N-dealkylation sites (tertiary alicyclic amines) is 1. The maximum atomic E-state index is 12.4. The van der Waals surface area contributed by atoms with Crippen molar-refractivity contribution < 1.29 is 9.59 Å². The average molecular weight is 414 g/mol. The van der Waals surface area contributed by atoms with Gasteiger partial charge in [-0.25, -0.2) is 4.98 Å². The molecule has 2 amide bonds. The number of hydrogen-bond acceptors (Lipinski definition) is 5. The first-order chi connectivity index (χ1) is 14.4. The maximum Gasteiger partial charge on any atom is 0.261 e. The Bertz CT molecular complexity index is 932. The molecule has 0 radical (unpaired) electrons. The highest BCUT2D eigenvalue weighted by molar-refractivity contribution is 5.84. The van der Waals surface area contributed by atoms with Gasteiger partial charge in [0.1, 0.15) is 6.54 Å². The molecule has 8 nitrogen and oxygen atoms in total. The topological polar surface area (TPSA) is 96.3 Å². The standard InChI is InChI=1S/C22H31N5O3/c1-16-10-17(2)13-26(12-16)9-5-8-23-20(28)11-24-21(29)14-27-15-25-19-7-4-3-6-18(19)22(27)30/h3-4,6-7,15-17H,5,8-14H2,1-2H3,(H,23,28)(H,24,29). The zero-order chi connectivity index (χ0) is 21.5. The van der Waals surface area contributed by atoms with Crippen molar-refractivity contribution in [3.05, 3.63) is 40.9 Å². The smallest absolute Gasteiger partial charge is 0.261 e. The van der Waals surface area contributed by atoms with Crippen molar-refractivity contribution in [1.29, 1.82) is 0 Å². The summed E-state index contributed by atoms with van der Waals surface area (Å²) in [7, 11) is 0. The molecule has 3 rings (SSSR count). The lowest BCUT2D eigenvalue weighted by Crippen LogP contribution is -2.42. The Labute approximate surface area is 176 Å². The van der Waals surface area contributed by atoms with E-state index in [9.17, 15) is 14.4 Å². The number of nitrogens with zero attached hydrogens (tertiary/aromatic N) is 3. The Morgan fingerprint density at radius 3 is 2.60 bits per heavy atom. The second-order valence-corrected chi connectivity index (χ2v) is 8.38. The number of aromatic nitrogens is 2. The normalized spacial score (nSPS) is 19.5. The van der Waals surface area contributed by atoms with Crippen molar-refractivity contribution in [2.24, 2.45) is 11.8 Å². The summed E-state index contributed by atoms with van der Waals surface area (Å²) in [5.41, 5.74) is 0.313. The van der Waals surface area contributed by atoms with Gasteiger partial charge in [0, 0.05) is 19.6 Å². The summed E-state index contributed by atoms with van der Waals surface area (Å²) >= 11 is 0. The van der Waals surface area contributed by atoms with Gasteiger partial charge in [-0.15, -0.1) is 0 Å². The van der Waals surface area contributed by atoms with E-state index in [2.05, 4.69) is 34.4 Å². The number of carbonyl (C=O) groups excluding carboxylic acids is 2. The minimum Gasteiger partial charge on any atom is -0.355 e. The molecule has 2 atom stereocenters. The molecule has 30 heavy (non-hydrogen) atoms. The number of fused-ring (bicyclic) bond motifs is 1. The second kappa shape index (κ2) is 10.3. The number of amides is 2. The van der Waals surface area contributed by atoms with E-state index >= 15 is 0 Å². The van der Waals surface area contributed by atoms with Crippen LogP contribution in [-0.4, -0.2) is 59.0 Å². The van der Waals surface area contributed by atoms with E-state index in [1.165, 1.54) is 17.3 Å². The van der Waals surface area contributed by atoms with Gasteiger partial charge in [-0.1, -0.05) is 26.0 Å². The Balaban J connectivity index is 1.36. The van der Waals surface area contributed by atoms with Crippen LogP contribution in [0.15, 0.2) is 35.4 Å². The lowest BCUT2D eigenvalue weighted by Gasteiger charge is -2.34. The Kier molecular flexibility index (Phi) is 7.57. The molecule has 2 heterocycles. The monoisotopic (exact) mass is 413 g/mol. The molecule has 162 valence electrons. The van der Waals surface area contributed by atoms with Crippen LogP contribution < -0.4 is 16.2 Å². The summed E-state index contributed by atoms with van der Waals surface area (Å²) in [5, 5.41) is 5.86. The summed E-state index contributed by atoms with van der Waals surface area (Å²) in [6.45, 7) is 8.10. The first-order valence-electron chi connectivity index (χ1n) is 10.6. The molecule has 2 aromatic rings. The van der Waals surface area contributed by atoms with E-state index in [1.807, 2.05) is 0 Å². The SMILES string of the molecule is CC1CC(C)CN(CCCNC(=O)CNC(=O)Cn2cnc3ccccc3c2=O)C1. The highest BCUT2D eigenvalue weighted by atomic mass is 16.2. The number of rotatable bonds is 8. The number of hydrogen-bond donors (Lipinski definition) is 2. The summed E-state index contributed by atoms with van der Waals surface area (Å²) in [5.74, 6) is 0.820. The lowest BCUT2D eigenvalue weighted by molar-refractivity contribution is -0.126. The average Bonchev–Trinajstić information content (AvgIpc) is 2.71.